The van der Waals surface area contributed by atoms with Gasteiger partial charge < -0.3 is 5.73 Å². The maximum Gasteiger partial charge on any atom is 0.416 e. The Morgan fingerprint density at radius 3 is 2.51 bits per heavy atom. The quantitative estimate of drug-likeness (QED) is 0.334. The van der Waals surface area contributed by atoms with Gasteiger partial charge in [0.1, 0.15) is 5.69 Å². The standard InChI is InChI=1S/C24H18F4N6O/c1-15(14-29)22(31-17-5-2-4-16(12-17)24(26,27)28)23-21(35)8-11-34(32-23)20-7-6-18(13-19(20)25)33-10-3-9-30-33/h2-14H,29H2,1H3. The van der Waals surface area contributed by atoms with Crippen LogP contribution in [-0.4, -0.2) is 25.3 Å². The minimum atomic E-state index is -4.57. The Hall–Kier alpha value is -4.54. The molecule has 35 heavy (non-hydrogen) atoms. The van der Waals surface area contributed by atoms with E-state index in [9.17, 15) is 22.4 Å². The number of nitrogens with two attached hydrogens (primary N) is 1. The van der Waals surface area contributed by atoms with Crippen LogP contribution in [0.1, 0.15) is 18.2 Å². The van der Waals surface area contributed by atoms with E-state index in [0.717, 1.165) is 29.1 Å². The second-order valence-electron chi connectivity index (χ2n) is 7.42. The van der Waals surface area contributed by atoms with Crippen LogP contribution in [0.5, 0.6) is 0 Å². The third kappa shape index (κ3) is 5.03. The van der Waals surface area contributed by atoms with Crippen LogP contribution in [0.15, 0.2) is 94.7 Å². The number of hydrogen-bond acceptors (Lipinski definition) is 5. The third-order valence-corrected chi connectivity index (χ3v) is 5.02. The number of nitrogens with zero attached hydrogens (tertiary/aromatic N) is 5. The first-order chi connectivity index (χ1) is 16.7. The van der Waals surface area contributed by atoms with Crippen LogP contribution >= 0.6 is 0 Å². The van der Waals surface area contributed by atoms with E-state index in [-0.39, 0.29) is 22.8 Å². The molecule has 2 aromatic heterocycles. The van der Waals surface area contributed by atoms with Crippen molar-refractivity contribution in [1.29, 1.82) is 0 Å². The molecule has 0 bridgehead atoms. The van der Waals surface area contributed by atoms with Crippen LogP contribution in [-0.2, 0) is 6.18 Å². The van der Waals surface area contributed by atoms with Crippen molar-refractivity contribution in [3.63, 3.8) is 0 Å². The monoisotopic (exact) mass is 482 g/mol. The van der Waals surface area contributed by atoms with Gasteiger partial charge in [-0.25, -0.2) is 18.7 Å². The van der Waals surface area contributed by atoms with E-state index < -0.39 is 23.0 Å². The molecule has 0 unspecified atom stereocenters. The summed E-state index contributed by atoms with van der Waals surface area (Å²) in [5, 5.41) is 8.28. The lowest BCUT2D eigenvalue weighted by Gasteiger charge is -2.12. The lowest BCUT2D eigenvalue weighted by Crippen LogP contribution is -2.22. The number of alkyl halides is 3. The smallest absolute Gasteiger partial charge is 0.404 e. The third-order valence-electron chi connectivity index (χ3n) is 5.02. The summed E-state index contributed by atoms with van der Waals surface area (Å²) in [6.45, 7) is 1.53. The minimum Gasteiger partial charge on any atom is -0.404 e. The predicted molar refractivity (Wildman–Crippen MR) is 122 cm³/mol. The van der Waals surface area contributed by atoms with Crippen LogP contribution in [0.4, 0.5) is 23.2 Å². The highest BCUT2D eigenvalue weighted by atomic mass is 19.4. The average molecular weight is 482 g/mol. The van der Waals surface area contributed by atoms with E-state index in [1.165, 1.54) is 42.1 Å². The first-order valence-electron chi connectivity index (χ1n) is 10.2. The second-order valence-corrected chi connectivity index (χ2v) is 7.42. The summed E-state index contributed by atoms with van der Waals surface area (Å²) in [6.07, 6.45) is 1.08. The van der Waals surface area contributed by atoms with Gasteiger partial charge in [-0.2, -0.15) is 23.4 Å². The molecule has 2 heterocycles. The lowest BCUT2D eigenvalue weighted by molar-refractivity contribution is -0.137. The van der Waals surface area contributed by atoms with Crippen LogP contribution in [0.3, 0.4) is 0 Å². The van der Waals surface area contributed by atoms with Crippen molar-refractivity contribution >= 4 is 11.4 Å². The molecule has 0 fully saturated rings. The molecule has 11 heteroatoms. The number of aliphatic imine (C=N–C) groups is 1. The van der Waals surface area contributed by atoms with Gasteiger partial charge in [0.05, 0.1) is 22.6 Å². The number of rotatable bonds is 5. The summed E-state index contributed by atoms with van der Waals surface area (Å²) in [4.78, 5) is 16.9. The van der Waals surface area contributed by atoms with Gasteiger partial charge in [0.2, 0.25) is 5.43 Å². The molecule has 2 N–H and O–H groups in total. The van der Waals surface area contributed by atoms with Gasteiger partial charge >= 0.3 is 6.18 Å². The van der Waals surface area contributed by atoms with Gasteiger partial charge in [0.15, 0.2) is 11.5 Å². The zero-order valence-corrected chi connectivity index (χ0v) is 18.2. The highest BCUT2D eigenvalue weighted by molar-refractivity contribution is 6.12. The normalized spacial score (nSPS) is 12.7. The number of halogens is 4. The largest absolute Gasteiger partial charge is 0.416 e. The number of aromatic nitrogens is 4. The van der Waals surface area contributed by atoms with E-state index >= 15 is 0 Å². The molecule has 0 amide bonds. The summed E-state index contributed by atoms with van der Waals surface area (Å²) >= 11 is 0. The van der Waals surface area contributed by atoms with Crippen molar-refractivity contribution in [1.82, 2.24) is 19.6 Å². The van der Waals surface area contributed by atoms with E-state index in [4.69, 9.17) is 5.73 Å². The van der Waals surface area contributed by atoms with E-state index in [1.54, 1.807) is 24.5 Å². The predicted octanol–water partition coefficient (Wildman–Crippen LogP) is 4.56. The first kappa shape index (κ1) is 23.6. The summed E-state index contributed by atoms with van der Waals surface area (Å²) in [7, 11) is 0. The fraction of sp³-hybridized carbons (Fsp3) is 0.0833. The Balaban J connectivity index is 1.81. The summed E-state index contributed by atoms with van der Waals surface area (Å²) < 4.78 is 56.9. The summed E-state index contributed by atoms with van der Waals surface area (Å²) in [5.74, 6) is -0.637. The molecule has 0 saturated heterocycles. The van der Waals surface area contributed by atoms with Crippen LogP contribution < -0.4 is 11.2 Å². The van der Waals surface area contributed by atoms with Crippen LogP contribution in [0.25, 0.3) is 11.4 Å². The summed E-state index contributed by atoms with van der Waals surface area (Å²) in [6, 6.07) is 11.5. The molecule has 0 spiro atoms. The van der Waals surface area contributed by atoms with Crippen LogP contribution in [0, 0.1) is 5.82 Å². The van der Waals surface area contributed by atoms with Gasteiger partial charge in [-0.05, 0) is 55.1 Å². The maximum absolute atomic E-state index is 14.9. The molecule has 0 aliphatic heterocycles. The highest BCUT2D eigenvalue weighted by Crippen LogP contribution is 2.31. The van der Waals surface area contributed by atoms with Gasteiger partial charge in [-0.15, -0.1) is 0 Å². The lowest BCUT2D eigenvalue weighted by atomic mass is 10.1. The molecule has 0 aliphatic carbocycles. The molecular formula is C24H18F4N6O. The van der Waals surface area contributed by atoms with Crippen molar-refractivity contribution in [2.45, 2.75) is 13.1 Å². The van der Waals surface area contributed by atoms with Crippen molar-refractivity contribution in [2.75, 3.05) is 0 Å². The molecular weight excluding hydrogens is 464 g/mol. The molecule has 2 aromatic carbocycles. The molecule has 0 aliphatic rings. The number of benzene rings is 2. The van der Waals surface area contributed by atoms with E-state index in [2.05, 4.69) is 15.2 Å². The number of allylic oxidation sites excluding steroid dienone is 1. The molecule has 0 radical (unpaired) electrons. The topological polar surface area (TPSA) is 91.1 Å². The van der Waals surface area contributed by atoms with Crippen molar-refractivity contribution in [3.8, 4) is 11.4 Å². The van der Waals surface area contributed by atoms with Gasteiger partial charge in [-0.3, -0.25) is 4.79 Å². The molecule has 0 saturated carbocycles. The SMILES string of the molecule is CC(=CN)C(=Nc1cccc(C(F)(F)F)c1)c1nn(-c2ccc(-n3cccn3)cc2F)ccc1=O. The molecule has 4 rings (SSSR count). The Kier molecular flexibility index (Phi) is 6.32. The zero-order valence-electron chi connectivity index (χ0n) is 18.2. The molecule has 4 aromatic rings. The van der Waals surface area contributed by atoms with Crippen molar-refractivity contribution in [2.24, 2.45) is 10.7 Å². The first-order valence-corrected chi connectivity index (χ1v) is 10.2. The fourth-order valence-corrected chi connectivity index (χ4v) is 3.24. The van der Waals surface area contributed by atoms with Gasteiger partial charge in [0, 0.05) is 30.7 Å². The Bertz CT molecular complexity index is 1490. The van der Waals surface area contributed by atoms with Crippen molar-refractivity contribution in [3.05, 3.63) is 112 Å². The highest BCUT2D eigenvalue weighted by Gasteiger charge is 2.30. The fourth-order valence-electron chi connectivity index (χ4n) is 3.24. The summed E-state index contributed by atoms with van der Waals surface area (Å²) in [5.41, 5.74) is 4.66. The molecule has 178 valence electrons. The van der Waals surface area contributed by atoms with Gasteiger partial charge in [0.25, 0.3) is 0 Å². The van der Waals surface area contributed by atoms with Crippen LogP contribution in [0.2, 0.25) is 0 Å². The molecule has 0 atom stereocenters. The maximum atomic E-state index is 14.9. The molecule has 7 nitrogen and oxygen atoms in total. The second kappa shape index (κ2) is 9.37. The number of hydrogen-bond donors (Lipinski definition) is 1. The minimum absolute atomic E-state index is 0.0370. The van der Waals surface area contributed by atoms with Gasteiger partial charge in [-0.1, -0.05) is 6.07 Å². The average Bonchev–Trinajstić information content (AvgIpc) is 3.37. The zero-order chi connectivity index (χ0) is 25.2. The van der Waals surface area contributed by atoms with E-state index in [1.807, 2.05) is 0 Å². The Labute approximate surface area is 196 Å². The van der Waals surface area contributed by atoms with E-state index in [0.29, 0.717) is 11.3 Å². The Morgan fingerprint density at radius 1 is 1.06 bits per heavy atom. The Morgan fingerprint density at radius 2 is 1.86 bits per heavy atom. The van der Waals surface area contributed by atoms with Crippen molar-refractivity contribution < 1.29 is 17.6 Å².